The molecule has 4 rings (SSSR count). The van der Waals surface area contributed by atoms with Crippen LogP contribution in [-0.4, -0.2) is 26.8 Å². The fourth-order valence-corrected chi connectivity index (χ4v) is 3.84. The number of rotatable bonds is 6. The van der Waals surface area contributed by atoms with Gasteiger partial charge in [-0.1, -0.05) is 59.8 Å². The van der Waals surface area contributed by atoms with Crippen LogP contribution in [0.4, 0.5) is 0 Å². The highest BCUT2D eigenvalue weighted by Crippen LogP contribution is 2.32. The molecule has 27 heavy (non-hydrogen) atoms. The van der Waals surface area contributed by atoms with E-state index >= 15 is 0 Å². The van der Waals surface area contributed by atoms with Crippen molar-refractivity contribution in [1.29, 1.82) is 0 Å². The molecule has 0 radical (unpaired) electrons. The number of carbonyl (C=O) groups is 1. The predicted molar refractivity (Wildman–Crippen MR) is 110 cm³/mol. The van der Waals surface area contributed by atoms with Crippen molar-refractivity contribution in [3.63, 3.8) is 0 Å². The highest BCUT2D eigenvalue weighted by atomic mass is 32.2. The standard InChI is InChI=1S/C22H23N3OS/c1-15-8-10-17(11-9-15)20-14-23-22(25(20)19-6-4-3-5-7-19)27-16(2)21(26)24-18-12-13-18/h3-11,14,16,18H,12-13H2,1-2H3,(H,24,26). The van der Waals surface area contributed by atoms with Gasteiger partial charge in [-0.25, -0.2) is 4.98 Å². The Hall–Kier alpha value is -2.53. The Morgan fingerprint density at radius 3 is 2.52 bits per heavy atom. The number of thioether (sulfide) groups is 1. The number of carbonyl (C=O) groups excluding carboxylic acids is 1. The molecule has 4 nitrogen and oxygen atoms in total. The molecule has 1 aliphatic rings. The van der Waals surface area contributed by atoms with Crippen LogP contribution in [0, 0.1) is 6.92 Å². The first-order chi connectivity index (χ1) is 13.1. The molecule has 1 heterocycles. The van der Waals surface area contributed by atoms with E-state index in [2.05, 4.69) is 58.2 Å². The molecule has 1 N–H and O–H groups in total. The molecule has 1 atom stereocenters. The van der Waals surface area contributed by atoms with Gasteiger partial charge in [-0.15, -0.1) is 0 Å². The number of para-hydroxylation sites is 1. The van der Waals surface area contributed by atoms with E-state index in [0.717, 1.165) is 34.9 Å². The first-order valence-electron chi connectivity index (χ1n) is 9.29. The molecule has 0 aliphatic heterocycles. The summed E-state index contributed by atoms with van der Waals surface area (Å²) in [4.78, 5) is 17.0. The second kappa shape index (κ2) is 7.61. The number of nitrogens with one attached hydrogen (secondary N) is 1. The zero-order valence-corrected chi connectivity index (χ0v) is 16.4. The van der Waals surface area contributed by atoms with E-state index < -0.39 is 0 Å². The average Bonchev–Trinajstić information content (AvgIpc) is 3.40. The zero-order valence-electron chi connectivity index (χ0n) is 15.6. The van der Waals surface area contributed by atoms with Crippen LogP contribution < -0.4 is 5.32 Å². The minimum Gasteiger partial charge on any atom is -0.352 e. The third kappa shape index (κ3) is 4.08. The Morgan fingerprint density at radius 1 is 1.15 bits per heavy atom. The number of nitrogens with zero attached hydrogens (tertiary/aromatic N) is 2. The van der Waals surface area contributed by atoms with Gasteiger partial charge in [0, 0.05) is 17.3 Å². The molecular weight excluding hydrogens is 354 g/mol. The number of aryl methyl sites for hydroxylation is 1. The van der Waals surface area contributed by atoms with Crippen molar-refractivity contribution in [1.82, 2.24) is 14.9 Å². The third-order valence-electron chi connectivity index (χ3n) is 4.67. The maximum absolute atomic E-state index is 12.4. The van der Waals surface area contributed by atoms with Gasteiger partial charge in [0.05, 0.1) is 17.1 Å². The van der Waals surface area contributed by atoms with Crippen LogP contribution in [0.25, 0.3) is 16.9 Å². The lowest BCUT2D eigenvalue weighted by Gasteiger charge is -2.15. The first kappa shape index (κ1) is 17.9. The smallest absolute Gasteiger partial charge is 0.233 e. The van der Waals surface area contributed by atoms with Gasteiger partial charge in [-0.3, -0.25) is 9.36 Å². The molecule has 1 unspecified atom stereocenters. The van der Waals surface area contributed by atoms with Crippen LogP contribution in [0.5, 0.6) is 0 Å². The Bertz CT molecular complexity index is 930. The minimum atomic E-state index is -0.193. The number of hydrogen-bond acceptors (Lipinski definition) is 3. The summed E-state index contributed by atoms with van der Waals surface area (Å²) < 4.78 is 2.14. The number of imidazole rings is 1. The molecule has 0 saturated heterocycles. The number of aromatic nitrogens is 2. The van der Waals surface area contributed by atoms with Crippen LogP contribution in [0.2, 0.25) is 0 Å². The van der Waals surface area contributed by atoms with Gasteiger partial charge >= 0.3 is 0 Å². The number of hydrogen-bond donors (Lipinski definition) is 1. The summed E-state index contributed by atoms with van der Waals surface area (Å²) in [6.07, 6.45) is 4.09. The topological polar surface area (TPSA) is 46.9 Å². The molecule has 2 aromatic carbocycles. The third-order valence-corrected chi connectivity index (χ3v) is 5.73. The molecule has 1 fully saturated rings. The monoisotopic (exact) mass is 377 g/mol. The SMILES string of the molecule is Cc1ccc(-c2cnc(SC(C)C(=O)NC3CC3)n2-c2ccccc2)cc1. The second-order valence-corrected chi connectivity index (χ2v) is 8.31. The van der Waals surface area contributed by atoms with E-state index in [1.165, 1.54) is 17.3 Å². The molecule has 1 aliphatic carbocycles. The van der Waals surface area contributed by atoms with Crippen molar-refractivity contribution in [2.75, 3.05) is 0 Å². The van der Waals surface area contributed by atoms with E-state index in [1.54, 1.807) is 0 Å². The summed E-state index contributed by atoms with van der Waals surface area (Å²) in [7, 11) is 0. The zero-order chi connectivity index (χ0) is 18.8. The fourth-order valence-electron chi connectivity index (χ4n) is 2.93. The molecule has 0 bridgehead atoms. The van der Waals surface area contributed by atoms with Crippen LogP contribution in [0.3, 0.4) is 0 Å². The summed E-state index contributed by atoms with van der Waals surface area (Å²) in [6, 6.07) is 19.0. The van der Waals surface area contributed by atoms with E-state index in [4.69, 9.17) is 0 Å². The van der Waals surface area contributed by atoms with Crippen LogP contribution in [0.15, 0.2) is 66.0 Å². The van der Waals surface area contributed by atoms with E-state index in [0.29, 0.717) is 6.04 Å². The van der Waals surface area contributed by atoms with E-state index in [1.807, 2.05) is 31.3 Å². The van der Waals surface area contributed by atoms with Crippen LogP contribution >= 0.6 is 11.8 Å². The van der Waals surface area contributed by atoms with Gasteiger partial charge in [0.25, 0.3) is 0 Å². The summed E-state index contributed by atoms with van der Waals surface area (Å²) in [5.74, 6) is 0.0852. The number of benzene rings is 2. The summed E-state index contributed by atoms with van der Waals surface area (Å²) >= 11 is 1.50. The summed E-state index contributed by atoms with van der Waals surface area (Å²) in [5.41, 5.74) is 4.41. The maximum atomic E-state index is 12.4. The van der Waals surface area contributed by atoms with Gasteiger partial charge < -0.3 is 5.32 Å². The van der Waals surface area contributed by atoms with Crippen molar-refractivity contribution in [2.24, 2.45) is 0 Å². The second-order valence-electron chi connectivity index (χ2n) is 7.01. The molecule has 1 aromatic heterocycles. The largest absolute Gasteiger partial charge is 0.352 e. The van der Waals surface area contributed by atoms with Gasteiger partial charge in [0.2, 0.25) is 5.91 Å². The van der Waals surface area contributed by atoms with Gasteiger partial charge in [0.15, 0.2) is 5.16 Å². The van der Waals surface area contributed by atoms with E-state index in [9.17, 15) is 4.79 Å². The van der Waals surface area contributed by atoms with Crippen molar-refractivity contribution in [2.45, 2.75) is 43.1 Å². The normalized spacial score (nSPS) is 14.7. The lowest BCUT2D eigenvalue weighted by atomic mass is 10.1. The maximum Gasteiger partial charge on any atom is 0.233 e. The Labute approximate surface area is 164 Å². The van der Waals surface area contributed by atoms with Crippen LogP contribution in [-0.2, 0) is 4.79 Å². The molecule has 1 amide bonds. The summed E-state index contributed by atoms with van der Waals surface area (Å²) in [6.45, 7) is 4.03. The van der Waals surface area contributed by atoms with Crippen molar-refractivity contribution < 1.29 is 4.79 Å². The molecule has 0 spiro atoms. The number of amides is 1. The minimum absolute atomic E-state index is 0.0852. The average molecular weight is 378 g/mol. The molecular formula is C22H23N3OS. The van der Waals surface area contributed by atoms with E-state index in [-0.39, 0.29) is 11.2 Å². The lowest BCUT2D eigenvalue weighted by molar-refractivity contribution is -0.120. The predicted octanol–water partition coefficient (Wildman–Crippen LogP) is 4.61. The quantitative estimate of drug-likeness (QED) is 0.638. The molecule has 5 heteroatoms. The molecule has 138 valence electrons. The van der Waals surface area contributed by atoms with Gasteiger partial charge in [0.1, 0.15) is 0 Å². The first-order valence-corrected chi connectivity index (χ1v) is 10.2. The highest BCUT2D eigenvalue weighted by molar-refractivity contribution is 8.00. The Balaban J connectivity index is 1.68. The highest BCUT2D eigenvalue weighted by Gasteiger charge is 2.27. The van der Waals surface area contributed by atoms with Crippen molar-refractivity contribution in [3.8, 4) is 16.9 Å². The Kier molecular flexibility index (Phi) is 5.03. The van der Waals surface area contributed by atoms with Gasteiger partial charge in [-0.05, 0) is 38.8 Å². The van der Waals surface area contributed by atoms with Crippen LogP contribution in [0.1, 0.15) is 25.3 Å². The molecule has 3 aromatic rings. The fraction of sp³-hybridized carbons (Fsp3) is 0.273. The van der Waals surface area contributed by atoms with Crippen molar-refractivity contribution >= 4 is 17.7 Å². The van der Waals surface area contributed by atoms with Gasteiger partial charge in [-0.2, -0.15) is 0 Å². The Morgan fingerprint density at radius 2 is 1.85 bits per heavy atom. The summed E-state index contributed by atoms with van der Waals surface area (Å²) in [5, 5.41) is 3.72. The lowest BCUT2D eigenvalue weighted by Crippen LogP contribution is -2.32. The van der Waals surface area contributed by atoms with Crippen molar-refractivity contribution in [3.05, 3.63) is 66.4 Å². The molecule has 1 saturated carbocycles.